The summed E-state index contributed by atoms with van der Waals surface area (Å²) >= 11 is 0. The fraction of sp³-hybridized carbons (Fsp3) is 0.256. The lowest BCUT2D eigenvalue weighted by Gasteiger charge is -2.37. The van der Waals surface area contributed by atoms with Crippen molar-refractivity contribution in [1.82, 2.24) is 0 Å². The number of benzene rings is 4. The Bertz CT molecular complexity index is 1780. The molecule has 1 aliphatic carbocycles. The zero-order valence-electron chi connectivity index (χ0n) is 25.2. The highest BCUT2D eigenvalue weighted by atomic mass is 16.5. The summed E-state index contributed by atoms with van der Waals surface area (Å²) in [5.41, 5.74) is 3.46. The molecular formula is C39H35NO4. The first-order chi connectivity index (χ1) is 21.4. The van der Waals surface area contributed by atoms with Crippen LogP contribution in [0.2, 0.25) is 0 Å². The Kier molecular flexibility index (Phi) is 6.84. The number of hydrogen-bond donors (Lipinski definition) is 0. The number of fused-ring (bicyclic) bond motifs is 5. The van der Waals surface area contributed by atoms with Crippen molar-refractivity contribution in [3.8, 4) is 5.75 Å². The molecule has 5 heteroatoms. The SMILES string of the molecule is CCOc1ccccc1[C@H]1[C@H](C(=O)c2ccc(CC(C)C)cc2)N2c3ccccc3C=C[C@@H]2C12C(=O)c1ccccc1C2=O. The van der Waals surface area contributed by atoms with Crippen molar-refractivity contribution in [2.75, 3.05) is 11.5 Å². The fourth-order valence-corrected chi connectivity index (χ4v) is 7.73. The molecule has 44 heavy (non-hydrogen) atoms. The largest absolute Gasteiger partial charge is 0.494 e. The summed E-state index contributed by atoms with van der Waals surface area (Å²) in [7, 11) is 0. The van der Waals surface area contributed by atoms with Crippen molar-refractivity contribution in [2.45, 2.75) is 45.2 Å². The number of Topliss-reactive ketones (excluding diaryl/α,β-unsaturated/α-hetero) is 3. The van der Waals surface area contributed by atoms with Gasteiger partial charge in [0.1, 0.15) is 17.2 Å². The van der Waals surface area contributed by atoms with Crippen LogP contribution in [0.4, 0.5) is 5.69 Å². The number of ketones is 3. The van der Waals surface area contributed by atoms with Gasteiger partial charge in [0.05, 0.1) is 12.6 Å². The molecule has 0 aromatic heterocycles. The van der Waals surface area contributed by atoms with E-state index < -0.39 is 23.4 Å². The zero-order chi connectivity index (χ0) is 30.6. The van der Waals surface area contributed by atoms with Gasteiger partial charge in [-0.25, -0.2) is 0 Å². The summed E-state index contributed by atoms with van der Waals surface area (Å²) in [5.74, 6) is -0.337. The van der Waals surface area contributed by atoms with Crippen molar-refractivity contribution in [3.05, 3.63) is 137 Å². The number of hydrogen-bond acceptors (Lipinski definition) is 5. The quantitative estimate of drug-likeness (QED) is 0.166. The first-order valence-electron chi connectivity index (χ1n) is 15.5. The molecule has 220 valence electrons. The molecule has 3 aliphatic rings. The second kappa shape index (κ2) is 10.7. The second-order valence-corrected chi connectivity index (χ2v) is 12.4. The van der Waals surface area contributed by atoms with Gasteiger partial charge in [-0.3, -0.25) is 14.4 Å². The number of carbonyl (C=O) groups excluding carboxylic acids is 3. The molecule has 2 aliphatic heterocycles. The lowest BCUT2D eigenvalue weighted by molar-refractivity contribution is 0.0664. The van der Waals surface area contributed by atoms with Crippen LogP contribution in [-0.4, -0.2) is 36.0 Å². The van der Waals surface area contributed by atoms with Crippen LogP contribution in [0.25, 0.3) is 6.08 Å². The third-order valence-corrected chi connectivity index (χ3v) is 9.42. The minimum absolute atomic E-state index is 0.124. The molecule has 5 nitrogen and oxygen atoms in total. The molecule has 4 aromatic carbocycles. The van der Waals surface area contributed by atoms with Crippen LogP contribution in [0, 0.1) is 11.3 Å². The van der Waals surface area contributed by atoms with E-state index in [0.29, 0.717) is 40.5 Å². The van der Waals surface area contributed by atoms with Gasteiger partial charge in [0, 0.05) is 33.9 Å². The first kappa shape index (κ1) is 28.0. The molecule has 0 N–H and O–H groups in total. The Labute approximate surface area is 258 Å². The molecule has 0 unspecified atom stereocenters. The highest BCUT2D eigenvalue weighted by Gasteiger charge is 2.71. The highest BCUT2D eigenvalue weighted by molar-refractivity contribution is 6.32. The Morgan fingerprint density at radius 2 is 1.48 bits per heavy atom. The van der Waals surface area contributed by atoms with E-state index in [9.17, 15) is 14.4 Å². The molecule has 0 radical (unpaired) electrons. The van der Waals surface area contributed by atoms with Gasteiger partial charge < -0.3 is 9.64 Å². The monoisotopic (exact) mass is 581 g/mol. The Balaban J connectivity index is 1.50. The third-order valence-electron chi connectivity index (χ3n) is 9.42. The predicted molar refractivity (Wildman–Crippen MR) is 173 cm³/mol. The molecule has 1 spiro atoms. The van der Waals surface area contributed by atoms with Crippen LogP contribution >= 0.6 is 0 Å². The van der Waals surface area contributed by atoms with Gasteiger partial charge in [-0.2, -0.15) is 0 Å². The standard InChI is InChI=1S/C39H35NO4/c1-4-44-32-16-10-8-14-30(32)34-35(36(41)27-19-17-25(18-20-27)23-24(2)3)40-31-15-9-5-11-26(31)21-22-33(40)39(34)37(42)28-12-6-7-13-29(28)38(39)43/h5-22,24,33-35H,4,23H2,1-3H3/t33-,34+,35-/m1/s1. The molecule has 1 saturated heterocycles. The van der Waals surface area contributed by atoms with Crippen molar-refractivity contribution in [1.29, 1.82) is 0 Å². The van der Waals surface area contributed by atoms with Gasteiger partial charge >= 0.3 is 0 Å². The third kappa shape index (κ3) is 4.02. The Hall–Kier alpha value is -4.77. The van der Waals surface area contributed by atoms with E-state index >= 15 is 0 Å². The van der Waals surface area contributed by atoms with E-state index in [0.717, 1.165) is 17.7 Å². The Morgan fingerprint density at radius 3 is 2.16 bits per heavy atom. The van der Waals surface area contributed by atoms with Crippen LogP contribution in [0.3, 0.4) is 0 Å². The van der Waals surface area contributed by atoms with E-state index in [1.54, 1.807) is 24.3 Å². The summed E-state index contributed by atoms with van der Waals surface area (Å²) in [4.78, 5) is 46.8. The van der Waals surface area contributed by atoms with E-state index in [4.69, 9.17) is 4.74 Å². The summed E-state index contributed by atoms with van der Waals surface area (Å²) < 4.78 is 6.14. The maximum absolute atomic E-state index is 15.0. The van der Waals surface area contributed by atoms with Crippen molar-refractivity contribution in [3.63, 3.8) is 0 Å². The van der Waals surface area contributed by atoms with Crippen molar-refractivity contribution in [2.24, 2.45) is 11.3 Å². The van der Waals surface area contributed by atoms with Gasteiger partial charge in [-0.1, -0.05) is 111 Å². The first-order valence-corrected chi connectivity index (χ1v) is 15.5. The van der Waals surface area contributed by atoms with Crippen LogP contribution in [0.1, 0.15) is 74.5 Å². The smallest absolute Gasteiger partial charge is 0.185 e. The molecule has 3 atom stereocenters. The number of anilines is 1. The average molecular weight is 582 g/mol. The number of ether oxygens (including phenoxy) is 1. The number of rotatable bonds is 7. The van der Waals surface area contributed by atoms with E-state index in [1.165, 1.54) is 5.56 Å². The summed E-state index contributed by atoms with van der Waals surface area (Å²) in [6.45, 7) is 6.66. The molecule has 0 bridgehead atoms. The zero-order valence-corrected chi connectivity index (χ0v) is 25.2. The van der Waals surface area contributed by atoms with Gasteiger partial charge in [-0.05, 0) is 42.5 Å². The maximum Gasteiger partial charge on any atom is 0.185 e. The van der Waals surface area contributed by atoms with Gasteiger partial charge in [0.2, 0.25) is 0 Å². The average Bonchev–Trinajstić information content (AvgIpc) is 3.47. The molecule has 4 aromatic rings. The maximum atomic E-state index is 15.0. The second-order valence-electron chi connectivity index (χ2n) is 12.4. The van der Waals surface area contributed by atoms with E-state index in [-0.39, 0.29) is 17.3 Å². The van der Waals surface area contributed by atoms with Crippen molar-refractivity contribution < 1.29 is 19.1 Å². The van der Waals surface area contributed by atoms with Gasteiger partial charge in [-0.15, -0.1) is 0 Å². The van der Waals surface area contributed by atoms with E-state index in [2.05, 4.69) is 18.7 Å². The summed E-state index contributed by atoms with van der Waals surface area (Å²) in [6, 6.07) is 28.8. The van der Waals surface area contributed by atoms with Crippen LogP contribution in [-0.2, 0) is 6.42 Å². The molecule has 1 fully saturated rings. The Morgan fingerprint density at radius 1 is 0.841 bits per heavy atom. The summed E-state index contributed by atoms with van der Waals surface area (Å²) in [6.07, 6.45) is 4.86. The lowest BCUT2D eigenvalue weighted by atomic mass is 9.64. The topological polar surface area (TPSA) is 63.7 Å². The molecular weight excluding hydrogens is 546 g/mol. The number of para-hydroxylation sites is 2. The minimum atomic E-state index is -1.56. The number of nitrogens with zero attached hydrogens (tertiary/aromatic N) is 1. The molecule has 0 saturated carbocycles. The van der Waals surface area contributed by atoms with Gasteiger partial charge in [0.15, 0.2) is 17.3 Å². The molecule has 2 heterocycles. The number of carbonyl (C=O) groups is 3. The van der Waals surface area contributed by atoms with Crippen molar-refractivity contribution >= 4 is 29.1 Å². The fourth-order valence-electron chi connectivity index (χ4n) is 7.73. The summed E-state index contributed by atoms with van der Waals surface area (Å²) in [5, 5.41) is 0. The molecule has 7 rings (SSSR count). The van der Waals surface area contributed by atoms with Crippen LogP contribution in [0.5, 0.6) is 5.75 Å². The molecule has 0 amide bonds. The minimum Gasteiger partial charge on any atom is -0.494 e. The lowest BCUT2D eigenvalue weighted by Crippen LogP contribution is -2.48. The van der Waals surface area contributed by atoms with Crippen LogP contribution in [0.15, 0.2) is 103 Å². The highest BCUT2D eigenvalue weighted by Crippen LogP contribution is 2.62. The normalized spacial score (nSPS) is 21.0. The van der Waals surface area contributed by atoms with Gasteiger partial charge in [0.25, 0.3) is 0 Å². The van der Waals surface area contributed by atoms with E-state index in [1.807, 2.05) is 91.9 Å². The van der Waals surface area contributed by atoms with Crippen LogP contribution < -0.4 is 9.64 Å². The predicted octanol–water partition coefficient (Wildman–Crippen LogP) is 7.60.